The van der Waals surface area contributed by atoms with Crippen LogP contribution in [-0.2, 0) is 19.1 Å². The first kappa shape index (κ1) is 18.6. The standard InChI is InChI=1S/C18H24FNO4S/c19-14-4-3-5-15(8-7-14)25-18(9-12-22-13-10-18)17(21)20-24-16-6-1-2-11-23-16/h4-5,7-8,16H,1-3,6,9-13H2,(H,20,21). The van der Waals surface area contributed by atoms with Gasteiger partial charge in [0.25, 0.3) is 5.91 Å². The van der Waals surface area contributed by atoms with E-state index in [9.17, 15) is 9.18 Å². The zero-order valence-electron chi connectivity index (χ0n) is 14.2. The molecule has 2 heterocycles. The summed E-state index contributed by atoms with van der Waals surface area (Å²) in [7, 11) is 0. The number of allylic oxidation sites excluding steroid dienone is 5. The fourth-order valence-electron chi connectivity index (χ4n) is 2.98. The number of hydroxylamine groups is 1. The Bertz CT molecular complexity index is 563. The third-order valence-electron chi connectivity index (χ3n) is 4.49. The molecule has 1 unspecified atom stereocenters. The van der Waals surface area contributed by atoms with Gasteiger partial charge in [0, 0.05) is 31.1 Å². The van der Waals surface area contributed by atoms with E-state index in [0.717, 1.165) is 24.2 Å². The van der Waals surface area contributed by atoms with Crippen molar-refractivity contribution in [1.82, 2.24) is 5.48 Å². The summed E-state index contributed by atoms with van der Waals surface area (Å²) in [6.07, 6.45) is 10.7. The van der Waals surface area contributed by atoms with Crippen LogP contribution in [0.2, 0.25) is 0 Å². The smallest absolute Gasteiger partial charge is 0.260 e. The molecule has 0 saturated carbocycles. The lowest BCUT2D eigenvalue weighted by Crippen LogP contribution is -2.49. The van der Waals surface area contributed by atoms with Crippen LogP contribution in [0.3, 0.4) is 0 Å². The molecule has 2 saturated heterocycles. The van der Waals surface area contributed by atoms with E-state index in [1.807, 2.05) is 6.08 Å². The maximum atomic E-state index is 13.4. The molecule has 0 aromatic rings. The highest BCUT2D eigenvalue weighted by Crippen LogP contribution is 2.41. The van der Waals surface area contributed by atoms with E-state index in [1.165, 1.54) is 23.9 Å². The Morgan fingerprint density at radius 3 is 2.84 bits per heavy atom. The molecule has 2 fully saturated rings. The number of thioether (sulfide) groups is 1. The highest BCUT2D eigenvalue weighted by Gasteiger charge is 2.42. The summed E-state index contributed by atoms with van der Waals surface area (Å²) in [5.41, 5.74) is 2.60. The van der Waals surface area contributed by atoms with E-state index < -0.39 is 4.75 Å². The van der Waals surface area contributed by atoms with Crippen LogP contribution in [0.4, 0.5) is 4.39 Å². The van der Waals surface area contributed by atoms with Crippen molar-refractivity contribution in [2.75, 3.05) is 19.8 Å². The molecule has 7 heteroatoms. The number of nitrogens with one attached hydrogen (secondary N) is 1. The van der Waals surface area contributed by atoms with Gasteiger partial charge < -0.3 is 9.47 Å². The van der Waals surface area contributed by atoms with Crippen LogP contribution in [0.15, 0.2) is 35.0 Å². The fraction of sp³-hybridized carbons (Fsp3) is 0.611. The molecule has 3 aliphatic rings. The summed E-state index contributed by atoms with van der Waals surface area (Å²) in [4.78, 5) is 19.2. The van der Waals surface area contributed by atoms with Crippen LogP contribution >= 0.6 is 11.8 Å². The molecule has 5 nitrogen and oxygen atoms in total. The predicted octanol–water partition coefficient (Wildman–Crippen LogP) is 3.54. The topological polar surface area (TPSA) is 56.8 Å². The van der Waals surface area contributed by atoms with Crippen LogP contribution in [0.5, 0.6) is 0 Å². The minimum Gasteiger partial charge on any atom is -0.381 e. The summed E-state index contributed by atoms with van der Waals surface area (Å²) in [6.45, 7) is 1.69. The molecule has 2 aliphatic heterocycles. The molecule has 1 N–H and O–H groups in total. The van der Waals surface area contributed by atoms with Gasteiger partial charge in [-0.05, 0) is 50.3 Å². The molecule has 0 bridgehead atoms. The van der Waals surface area contributed by atoms with Crippen LogP contribution < -0.4 is 5.48 Å². The molecule has 0 aromatic carbocycles. The van der Waals surface area contributed by atoms with Gasteiger partial charge in [-0.15, -0.1) is 11.8 Å². The monoisotopic (exact) mass is 369 g/mol. The lowest BCUT2D eigenvalue weighted by Gasteiger charge is -2.35. The van der Waals surface area contributed by atoms with E-state index in [4.69, 9.17) is 14.3 Å². The Kier molecular flexibility index (Phi) is 6.70. The second-order valence-electron chi connectivity index (χ2n) is 6.32. The van der Waals surface area contributed by atoms with Crippen LogP contribution in [-0.4, -0.2) is 36.8 Å². The molecule has 1 amide bonds. The molecule has 0 spiro atoms. The van der Waals surface area contributed by atoms with Gasteiger partial charge in [-0.3, -0.25) is 4.79 Å². The lowest BCUT2D eigenvalue weighted by atomic mass is 9.98. The number of rotatable bonds is 5. The van der Waals surface area contributed by atoms with E-state index in [-0.39, 0.29) is 18.0 Å². The predicted molar refractivity (Wildman–Crippen MR) is 94.2 cm³/mol. The maximum Gasteiger partial charge on any atom is 0.260 e. The van der Waals surface area contributed by atoms with Crippen molar-refractivity contribution < 1.29 is 23.5 Å². The van der Waals surface area contributed by atoms with Crippen molar-refractivity contribution in [1.29, 1.82) is 0 Å². The molecular formula is C18H24FNO4S. The van der Waals surface area contributed by atoms with Crippen molar-refractivity contribution in [3.63, 3.8) is 0 Å². The Hall–Kier alpha value is -1.15. The third-order valence-corrected chi connectivity index (χ3v) is 6.01. The first-order chi connectivity index (χ1) is 12.2. The Balaban J connectivity index is 1.64. The first-order valence-corrected chi connectivity index (χ1v) is 9.58. The minimum absolute atomic E-state index is 0.179. The number of hydrogen-bond acceptors (Lipinski definition) is 5. The maximum absolute atomic E-state index is 13.4. The molecule has 0 aromatic heterocycles. The highest BCUT2D eigenvalue weighted by molar-refractivity contribution is 8.05. The van der Waals surface area contributed by atoms with Crippen LogP contribution in [0.1, 0.15) is 38.5 Å². The number of hydrogen-bond donors (Lipinski definition) is 1. The normalized spacial score (nSPS) is 26.4. The number of halogens is 1. The highest BCUT2D eigenvalue weighted by atomic mass is 32.2. The quantitative estimate of drug-likeness (QED) is 0.751. The number of carbonyl (C=O) groups is 1. The van der Waals surface area contributed by atoms with Crippen molar-refractivity contribution in [3.8, 4) is 0 Å². The van der Waals surface area contributed by atoms with Crippen LogP contribution in [0.25, 0.3) is 0 Å². The Labute approximate surface area is 151 Å². The second-order valence-corrected chi connectivity index (χ2v) is 7.78. The zero-order chi connectivity index (χ0) is 17.5. The van der Waals surface area contributed by atoms with Gasteiger partial charge in [-0.25, -0.2) is 14.7 Å². The molecule has 25 heavy (non-hydrogen) atoms. The summed E-state index contributed by atoms with van der Waals surface area (Å²) >= 11 is 1.46. The molecule has 138 valence electrons. The van der Waals surface area contributed by atoms with Gasteiger partial charge >= 0.3 is 0 Å². The third kappa shape index (κ3) is 5.17. The van der Waals surface area contributed by atoms with Crippen molar-refractivity contribution in [3.05, 3.63) is 35.0 Å². The Morgan fingerprint density at radius 2 is 2.08 bits per heavy atom. The minimum atomic E-state index is -0.677. The molecule has 3 rings (SSSR count). The largest absolute Gasteiger partial charge is 0.381 e. The van der Waals surface area contributed by atoms with Crippen molar-refractivity contribution in [2.24, 2.45) is 0 Å². The van der Waals surface area contributed by atoms with Gasteiger partial charge in [0.2, 0.25) is 0 Å². The SMILES string of the molecule is O=C(NOC1CCCCO1)C1(SC2=CCC=C(F)C=C2)CCOCC1. The second kappa shape index (κ2) is 8.98. The summed E-state index contributed by atoms with van der Waals surface area (Å²) in [6, 6.07) is 0. The molecule has 1 aliphatic carbocycles. The molecule has 1 atom stereocenters. The van der Waals surface area contributed by atoms with Crippen molar-refractivity contribution in [2.45, 2.75) is 49.6 Å². The van der Waals surface area contributed by atoms with Crippen molar-refractivity contribution >= 4 is 17.7 Å². The van der Waals surface area contributed by atoms with Gasteiger partial charge in [0.15, 0.2) is 6.29 Å². The molecule has 0 radical (unpaired) electrons. The van der Waals surface area contributed by atoms with E-state index >= 15 is 0 Å². The Morgan fingerprint density at radius 1 is 1.24 bits per heavy atom. The van der Waals surface area contributed by atoms with E-state index in [2.05, 4.69) is 5.48 Å². The molecular weight excluding hydrogens is 345 g/mol. The van der Waals surface area contributed by atoms with Gasteiger partial charge in [0.1, 0.15) is 10.6 Å². The van der Waals surface area contributed by atoms with Gasteiger partial charge in [0.05, 0.1) is 0 Å². The van der Waals surface area contributed by atoms with E-state index in [1.54, 1.807) is 6.08 Å². The van der Waals surface area contributed by atoms with E-state index in [0.29, 0.717) is 39.1 Å². The van der Waals surface area contributed by atoms with Gasteiger partial charge in [-0.1, -0.05) is 6.08 Å². The fourth-order valence-corrected chi connectivity index (χ4v) is 4.25. The number of amides is 1. The summed E-state index contributed by atoms with van der Waals surface area (Å²) in [5.74, 6) is -0.433. The average molecular weight is 369 g/mol. The van der Waals surface area contributed by atoms with Crippen LogP contribution in [0, 0.1) is 0 Å². The zero-order valence-corrected chi connectivity index (χ0v) is 15.0. The first-order valence-electron chi connectivity index (χ1n) is 8.76. The number of ether oxygens (including phenoxy) is 2. The lowest BCUT2D eigenvalue weighted by molar-refractivity contribution is -0.202. The summed E-state index contributed by atoms with van der Waals surface area (Å²) in [5, 5.41) is 0. The average Bonchev–Trinajstić information content (AvgIpc) is 2.85. The summed E-state index contributed by atoms with van der Waals surface area (Å²) < 4.78 is 23.6. The van der Waals surface area contributed by atoms with Gasteiger partial charge in [-0.2, -0.15) is 0 Å². The number of carbonyl (C=O) groups excluding carboxylic acids is 1.